The summed E-state index contributed by atoms with van der Waals surface area (Å²) in [6, 6.07) is 12.5. The number of carbonyl (C=O) groups excluding carboxylic acids is 1. The second-order valence-electron chi connectivity index (χ2n) is 7.26. The minimum atomic E-state index is -3.73. The van der Waals surface area contributed by atoms with Crippen molar-refractivity contribution in [1.29, 1.82) is 0 Å². The molecular weight excluding hydrogens is 393 g/mol. The molecule has 1 amide bonds. The Morgan fingerprint density at radius 3 is 2.83 bits per heavy atom. The number of halogens is 1. The van der Waals surface area contributed by atoms with Crippen LogP contribution < -0.4 is 5.32 Å². The van der Waals surface area contributed by atoms with Crippen LogP contribution in [0.2, 0.25) is 0 Å². The molecule has 4 rings (SSSR count). The van der Waals surface area contributed by atoms with Crippen LogP contribution in [0, 0.1) is 5.82 Å². The van der Waals surface area contributed by atoms with Crippen molar-refractivity contribution in [3.63, 3.8) is 0 Å². The Balaban J connectivity index is 1.49. The van der Waals surface area contributed by atoms with Gasteiger partial charge < -0.3 is 10.2 Å². The third-order valence-electron chi connectivity index (χ3n) is 5.29. The maximum atomic E-state index is 13.3. The second-order valence-corrected chi connectivity index (χ2v) is 8.83. The first-order valence-corrected chi connectivity index (χ1v) is 11.1. The summed E-state index contributed by atoms with van der Waals surface area (Å²) >= 11 is 0. The molecule has 0 spiro atoms. The Kier molecular flexibility index (Phi) is 5.36. The normalized spacial score (nSPS) is 20.1. The zero-order valence-electron chi connectivity index (χ0n) is 15.8. The quantitative estimate of drug-likeness (QED) is 0.832. The molecule has 2 aromatic rings. The molecule has 0 aliphatic carbocycles. The summed E-state index contributed by atoms with van der Waals surface area (Å²) in [7, 11) is -3.73. The molecule has 1 fully saturated rings. The number of hydrogen-bond donors (Lipinski definition) is 1. The first-order valence-electron chi connectivity index (χ1n) is 9.69. The number of carbonyl (C=O) groups is 1. The number of hydrogen-bond acceptors (Lipinski definition) is 4. The first-order chi connectivity index (χ1) is 14.0. The number of nitrogens with zero attached hydrogens (tertiary/aromatic N) is 2. The molecule has 0 bridgehead atoms. The SMILES string of the molecule is O=C(NCCc1cccc(F)c1)[C@H]1CCCCN1C1=NS(=O)(=O)c2ccccc21. The van der Waals surface area contributed by atoms with Crippen LogP contribution in [0.25, 0.3) is 0 Å². The van der Waals surface area contributed by atoms with Crippen LogP contribution in [0.3, 0.4) is 0 Å². The molecule has 1 N–H and O–H groups in total. The summed E-state index contributed by atoms with van der Waals surface area (Å²) in [5.41, 5.74) is 1.36. The van der Waals surface area contributed by atoms with E-state index in [-0.39, 0.29) is 16.6 Å². The Morgan fingerprint density at radius 1 is 1.17 bits per heavy atom. The number of amidine groups is 1. The fourth-order valence-electron chi connectivity index (χ4n) is 3.89. The second kappa shape index (κ2) is 7.94. The molecule has 152 valence electrons. The van der Waals surface area contributed by atoms with Crippen molar-refractivity contribution >= 4 is 21.8 Å². The van der Waals surface area contributed by atoms with E-state index in [9.17, 15) is 17.6 Å². The van der Waals surface area contributed by atoms with Gasteiger partial charge >= 0.3 is 0 Å². The lowest BCUT2D eigenvalue weighted by molar-refractivity contribution is -0.125. The fourth-order valence-corrected chi connectivity index (χ4v) is 5.11. The van der Waals surface area contributed by atoms with Gasteiger partial charge in [-0.05, 0) is 55.5 Å². The number of fused-ring (bicyclic) bond motifs is 1. The van der Waals surface area contributed by atoms with Crippen LogP contribution in [-0.2, 0) is 21.2 Å². The number of rotatable bonds is 4. The van der Waals surface area contributed by atoms with Crippen molar-refractivity contribution in [2.24, 2.45) is 4.40 Å². The van der Waals surface area contributed by atoms with E-state index in [1.54, 1.807) is 30.3 Å². The Morgan fingerprint density at radius 2 is 2.00 bits per heavy atom. The van der Waals surface area contributed by atoms with E-state index in [1.165, 1.54) is 12.1 Å². The van der Waals surface area contributed by atoms with Gasteiger partial charge in [0.25, 0.3) is 10.0 Å². The molecule has 29 heavy (non-hydrogen) atoms. The third-order valence-corrected chi connectivity index (χ3v) is 6.62. The van der Waals surface area contributed by atoms with Gasteiger partial charge in [-0.15, -0.1) is 4.40 Å². The summed E-state index contributed by atoms with van der Waals surface area (Å²) in [6.07, 6.45) is 2.91. The molecule has 6 nitrogen and oxygen atoms in total. The molecule has 2 aliphatic rings. The maximum Gasteiger partial charge on any atom is 0.285 e. The van der Waals surface area contributed by atoms with E-state index >= 15 is 0 Å². The van der Waals surface area contributed by atoms with Gasteiger partial charge in [-0.3, -0.25) is 4.79 Å². The van der Waals surface area contributed by atoms with E-state index in [0.717, 1.165) is 18.4 Å². The smallest absolute Gasteiger partial charge is 0.285 e. The molecular formula is C21H22FN3O3S. The molecule has 0 saturated carbocycles. The van der Waals surface area contributed by atoms with E-state index in [0.29, 0.717) is 37.3 Å². The van der Waals surface area contributed by atoms with Crippen LogP contribution >= 0.6 is 0 Å². The van der Waals surface area contributed by atoms with Crippen LogP contribution in [-0.4, -0.2) is 44.2 Å². The van der Waals surface area contributed by atoms with Crippen LogP contribution in [0.15, 0.2) is 57.8 Å². The lowest BCUT2D eigenvalue weighted by Crippen LogP contribution is -2.52. The summed E-state index contributed by atoms with van der Waals surface area (Å²) in [6.45, 7) is 0.957. The van der Waals surface area contributed by atoms with E-state index in [2.05, 4.69) is 9.71 Å². The van der Waals surface area contributed by atoms with E-state index in [1.807, 2.05) is 11.0 Å². The van der Waals surface area contributed by atoms with Gasteiger partial charge in [-0.25, -0.2) is 4.39 Å². The highest BCUT2D eigenvalue weighted by Gasteiger charge is 2.37. The zero-order valence-corrected chi connectivity index (χ0v) is 16.7. The minimum absolute atomic E-state index is 0.161. The standard InChI is InChI=1S/C21H22FN3O3S/c22-16-7-5-6-15(14-16)11-12-23-21(26)18-9-3-4-13-25(18)20-17-8-1-2-10-19(17)29(27,28)24-20/h1-2,5-8,10,14,18H,3-4,9,11-13H2,(H,23,26)/t18-/m1/s1. The van der Waals surface area contributed by atoms with Crippen molar-refractivity contribution < 1.29 is 17.6 Å². The number of benzene rings is 2. The molecule has 1 saturated heterocycles. The monoisotopic (exact) mass is 415 g/mol. The molecule has 2 heterocycles. The largest absolute Gasteiger partial charge is 0.354 e. The molecule has 1 atom stereocenters. The highest BCUT2D eigenvalue weighted by molar-refractivity contribution is 7.90. The first kappa shape index (κ1) is 19.6. The summed E-state index contributed by atoms with van der Waals surface area (Å²) in [4.78, 5) is 14.9. The van der Waals surface area contributed by atoms with E-state index in [4.69, 9.17) is 0 Å². The molecule has 2 aliphatic heterocycles. The van der Waals surface area contributed by atoms with Gasteiger partial charge in [0.1, 0.15) is 16.8 Å². The van der Waals surface area contributed by atoms with Gasteiger partial charge in [-0.2, -0.15) is 8.42 Å². The predicted molar refractivity (Wildman–Crippen MR) is 108 cm³/mol. The van der Waals surface area contributed by atoms with Crippen LogP contribution in [0.5, 0.6) is 0 Å². The summed E-state index contributed by atoms with van der Waals surface area (Å²) in [5, 5.41) is 2.91. The molecule has 8 heteroatoms. The molecule has 0 radical (unpaired) electrons. The highest BCUT2D eigenvalue weighted by atomic mass is 32.2. The number of likely N-dealkylation sites (tertiary alicyclic amines) is 1. The Labute approximate surface area is 169 Å². The van der Waals surface area contributed by atoms with Gasteiger partial charge in [0, 0.05) is 18.7 Å². The highest BCUT2D eigenvalue weighted by Crippen LogP contribution is 2.30. The molecule has 0 unspecified atom stereocenters. The van der Waals surface area contributed by atoms with Crippen molar-refractivity contribution in [2.45, 2.75) is 36.6 Å². The summed E-state index contributed by atoms with van der Waals surface area (Å²) < 4.78 is 42.1. The predicted octanol–water partition coefficient (Wildman–Crippen LogP) is 2.49. The number of piperidine rings is 1. The van der Waals surface area contributed by atoms with Gasteiger partial charge in [0.15, 0.2) is 5.84 Å². The van der Waals surface area contributed by atoms with Gasteiger partial charge in [0.2, 0.25) is 5.91 Å². The average Bonchev–Trinajstić information content (AvgIpc) is 2.99. The lowest BCUT2D eigenvalue weighted by atomic mass is 9.99. The van der Waals surface area contributed by atoms with Crippen molar-refractivity contribution in [3.8, 4) is 0 Å². The minimum Gasteiger partial charge on any atom is -0.354 e. The molecule has 0 aromatic heterocycles. The van der Waals surface area contributed by atoms with Crippen molar-refractivity contribution in [1.82, 2.24) is 10.2 Å². The Bertz CT molecular complexity index is 1070. The molecule has 2 aromatic carbocycles. The zero-order chi connectivity index (χ0) is 20.4. The average molecular weight is 415 g/mol. The maximum absolute atomic E-state index is 13.3. The fraction of sp³-hybridized carbons (Fsp3) is 0.333. The van der Waals surface area contributed by atoms with Crippen LogP contribution in [0.1, 0.15) is 30.4 Å². The topological polar surface area (TPSA) is 78.8 Å². The third kappa shape index (κ3) is 4.03. The van der Waals surface area contributed by atoms with Gasteiger partial charge in [-0.1, -0.05) is 24.3 Å². The van der Waals surface area contributed by atoms with E-state index < -0.39 is 16.1 Å². The lowest BCUT2D eigenvalue weighted by Gasteiger charge is -2.36. The Hall–Kier alpha value is -2.74. The van der Waals surface area contributed by atoms with Crippen LogP contribution in [0.4, 0.5) is 4.39 Å². The van der Waals surface area contributed by atoms with Crippen molar-refractivity contribution in [3.05, 3.63) is 65.5 Å². The number of nitrogens with one attached hydrogen (secondary N) is 1. The summed E-state index contributed by atoms with van der Waals surface area (Å²) in [5.74, 6) is -0.109. The number of amides is 1. The van der Waals surface area contributed by atoms with Gasteiger partial charge in [0.05, 0.1) is 0 Å². The van der Waals surface area contributed by atoms with Crippen molar-refractivity contribution in [2.75, 3.05) is 13.1 Å². The number of sulfonamides is 1.